The minimum absolute atomic E-state index is 0.0375. The highest BCUT2D eigenvalue weighted by Crippen LogP contribution is 2.02. The minimum atomic E-state index is -0.0375. The first-order valence-electron chi connectivity index (χ1n) is 5.48. The molecule has 17 heavy (non-hydrogen) atoms. The average Bonchev–Trinajstić information content (AvgIpc) is 2.29. The van der Waals surface area contributed by atoms with E-state index >= 15 is 0 Å². The fraction of sp³-hybridized carbons (Fsp3) is 0.308. The summed E-state index contributed by atoms with van der Waals surface area (Å²) in [6.07, 6.45) is 0. The van der Waals surface area contributed by atoms with Gasteiger partial charge in [-0.2, -0.15) is 0 Å². The van der Waals surface area contributed by atoms with Crippen LogP contribution in [0.1, 0.15) is 15.9 Å². The number of hydrogen-bond donors (Lipinski definition) is 2. The Labute approximate surface area is 110 Å². The van der Waals surface area contributed by atoms with E-state index in [1.807, 2.05) is 31.2 Å². The van der Waals surface area contributed by atoms with Crippen molar-refractivity contribution in [3.05, 3.63) is 46.5 Å². The predicted octanol–water partition coefficient (Wildman–Crippen LogP) is 2.22. The van der Waals surface area contributed by atoms with E-state index in [2.05, 4.69) is 33.1 Å². The molecule has 2 N–H and O–H groups in total. The Kier molecular flexibility index (Phi) is 5.94. The molecule has 1 aromatic rings. The molecular formula is C13H17BrN2O. The first-order valence-corrected chi connectivity index (χ1v) is 6.28. The molecule has 4 heteroatoms. The standard InChI is InChI=1S/C13H17BrN2O/c1-10-3-5-12(6-4-10)13(17)16-8-7-15-9-11(2)14/h3-6,15H,2,7-9H2,1H3,(H,16,17). The Bertz CT molecular complexity index is 387. The summed E-state index contributed by atoms with van der Waals surface area (Å²) >= 11 is 3.25. The Morgan fingerprint density at radius 2 is 1.94 bits per heavy atom. The highest BCUT2D eigenvalue weighted by molar-refractivity contribution is 9.11. The molecule has 0 heterocycles. The molecule has 0 unspecified atom stereocenters. The molecule has 0 saturated carbocycles. The van der Waals surface area contributed by atoms with Gasteiger partial charge in [-0.1, -0.05) is 40.2 Å². The van der Waals surface area contributed by atoms with Gasteiger partial charge in [-0.3, -0.25) is 4.79 Å². The SMILES string of the molecule is C=C(Br)CNCCNC(=O)c1ccc(C)cc1. The van der Waals surface area contributed by atoms with Gasteiger partial charge in [-0.05, 0) is 19.1 Å². The van der Waals surface area contributed by atoms with Crippen LogP contribution in [0.25, 0.3) is 0 Å². The molecule has 0 aliphatic carbocycles. The lowest BCUT2D eigenvalue weighted by Crippen LogP contribution is -2.32. The largest absolute Gasteiger partial charge is 0.351 e. The van der Waals surface area contributed by atoms with Crippen molar-refractivity contribution in [1.82, 2.24) is 10.6 Å². The average molecular weight is 297 g/mol. The Morgan fingerprint density at radius 3 is 2.53 bits per heavy atom. The van der Waals surface area contributed by atoms with Crippen LogP contribution in [0.3, 0.4) is 0 Å². The van der Waals surface area contributed by atoms with Crippen molar-refractivity contribution < 1.29 is 4.79 Å². The third kappa shape index (κ3) is 5.65. The molecular weight excluding hydrogens is 280 g/mol. The van der Waals surface area contributed by atoms with E-state index in [4.69, 9.17) is 0 Å². The Morgan fingerprint density at radius 1 is 1.29 bits per heavy atom. The van der Waals surface area contributed by atoms with Crippen LogP contribution in [0.5, 0.6) is 0 Å². The number of benzene rings is 1. The van der Waals surface area contributed by atoms with Crippen molar-refractivity contribution in [2.75, 3.05) is 19.6 Å². The second kappa shape index (κ2) is 7.25. The highest BCUT2D eigenvalue weighted by atomic mass is 79.9. The first-order chi connectivity index (χ1) is 8.09. The van der Waals surface area contributed by atoms with Crippen molar-refractivity contribution in [1.29, 1.82) is 0 Å². The first kappa shape index (κ1) is 13.9. The summed E-state index contributed by atoms with van der Waals surface area (Å²) in [5, 5.41) is 5.99. The number of aryl methyl sites for hydroxylation is 1. The van der Waals surface area contributed by atoms with Gasteiger partial charge in [0.05, 0.1) is 0 Å². The number of hydrogen-bond acceptors (Lipinski definition) is 2. The molecule has 0 aliphatic heterocycles. The zero-order valence-electron chi connectivity index (χ0n) is 9.92. The number of nitrogens with one attached hydrogen (secondary N) is 2. The van der Waals surface area contributed by atoms with Gasteiger partial charge in [0.25, 0.3) is 5.91 Å². The van der Waals surface area contributed by atoms with Crippen LogP contribution in [-0.4, -0.2) is 25.5 Å². The second-order valence-electron chi connectivity index (χ2n) is 3.82. The van der Waals surface area contributed by atoms with Crippen LogP contribution in [0.2, 0.25) is 0 Å². The van der Waals surface area contributed by atoms with Gasteiger partial charge in [0.1, 0.15) is 0 Å². The minimum Gasteiger partial charge on any atom is -0.351 e. The lowest BCUT2D eigenvalue weighted by Gasteiger charge is -2.06. The normalized spacial score (nSPS) is 10.0. The molecule has 0 aliphatic rings. The molecule has 0 atom stereocenters. The summed E-state index contributed by atoms with van der Waals surface area (Å²) in [6.45, 7) is 7.75. The number of rotatable bonds is 6. The van der Waals surface area contributed by atoms with E-state index in [0.717, 1.165) is 16.6 Å². The number of halogens is 1. The summed E-state index contributed by atoms with van der Waals surface area (Å²) in [5.41, 5.74) is 1.85. The molecule has 0 fully saturated rings. The van der Waals surface area contributed by atoms with Gasteiger partial charge in [0.15, 0.2) is 0 Å². The van der Waals surface area contributed by atoms with E-state index in [9.17, 15) is 4.79 Å². The van der Waals surface area contributed by atoms with Gasteiger partial charge < -0.3 is 10.6 Å². The van der Waals surface area contributed by atoms with E-state index in [1.165, 1.54) is 0 Å². The summed E-state index contributed by atoms with van der Waals surface area (Å²) in [5.74, 6) is -0.0375. The van der Waals surface area contributed by atoms with Gasteiger partial charge in [-0.15, -0.1) is 0 Å². The van der Waals surface area contributed by atoms with Gasteiger partial charge in [0.2, 0.25) is 0 Å². The fourth-order valence-corrected chi connectivity index (χ4v) is 1.49. The van der Waals surface area contributed by atoms with Gasteiger partial charge >= 0.3 is 0 Å². The fourth-order valence-electron chi connectivity index (χ4n) is 1.30. The quantitative estimate of drug-likeness (QED) is 0.791. The number of amides is 1. The van der Waals surface area contributed by atoms with Crippen LogP contribution in [0.15, 0.2) is 35.3 Å². The predicted molar refractivity (Wildman–Crippen MR) is 74.4 cm³/mol. The molecule has 1 rings (SSSR count). The van der Waals surface area contributed by atoms with Gasteiger partial charge in [-0.25, -0.2) is 0 Å². The van der Waals surface area contributed by atoms with Crippen molar-refractivity contribution in [3.8, 4) is 0 Å². The molecule has 0 radical (unpaired) electrons. The van der Waals surface area contributed by atoms with Crippen molar-refractivity contribution >= 4 is 21.8 Å². The van der Waals surface area contributed by atoms with Crippen molar-refractivity contribution in [3.63, 3.8) is 0 Å². The molecule has 3 nitrogen and oxygen atoms in total. The van der Waals surface area contributed by atoms with Crippen LogP contribution in [0.4, 0.5) is 0 Å². The van der Waals surface area contributed by atoms with E-state index in [-0.39, 0.29) is 5.91 Å². The summed E-state index contributed by atoms with van der Waals surface area (Å²) in [4.78, 5) is 11.7. The molecule has 0 saturated heterocycles. The topological polar surface area (TPSA) is 41.1 Å². The monoisotopic (exact) mass is 296 g/mol. The Balaban J connectivity index is 2.25. The maximum absolute atomic E-state index is 11.7. The Hall–Kier alpha value is -1.13. The van der Waals surface area contributed by atoms with Crippen LogP contribution in [0, 0.1) is 6.92 Å². The maximum Gasteiger partial charge on any atom is 0.251 e. The second-order valence-corrected chi connectivity index (χ2v) is 4.94. The summed E-state index contributed by atoms with van der Waals surface area (Å²) in [7, 11) is 0. The molecule has 0 spiro atoms. The molecule has 0 aromatic heterocycles. The lowest BCUT2D eigenvalue weighted by molar-refractivity contribution is 0.0954. The smallest absolute Gasteiger partial charge is 0.251 e. The lowest BCUT2D eigenvalue weighted by atomic mass is 10.1. The van der Waals surface area contributed by atoms with Crippen LogP contribution < -0.4 is 10.6 Å². The zero-order chi connectivity index (χ0) is 12.7. The third-order valence-corrected chi connectivity index (χ3v) is 2.50. The van der Waals surface area contributed by atoms with E-state index < -0.39 is 0 Å². The summed E-state index contributed by atoms with van der Waals surface area (Å²) in [6, 6.07) is 7.53. The van der Waals surface area contributed by atoms with Crippen molar-refractivity contribution in [2.45, 2.75) is 6.92 Å². The zero-order valence-corrected chi connectivity index (χ0v) is 11.5. The van der Waals surface area contributed by atoms with Gasteiger partial charge in [0, 0.05) is 29.7 Å². The van der Waals surface area contributed by atoms with E-state index in [0.29, 0.717) is 18.7 Å². The number of carbonyl (C=O) groups is 1. The van der Waals surface area contributed by atoms with Crippen molar-refractivity contribution in [2.24, 2.45) is 0 Å². The molecule has 92 valence electrons. The molecule has 1 aromatic carbocycles. The maximum atomic E-state index is 11.7. The van der Waals surface area contributed by atoms with Crippen LogP contribution in [-0.2, 0) is 0 Å². The number of carbonyl (C=O) groups excluding carboxylic acids is 1. The molecule has 1 amide bonds. The third-order valence-electron chi connectivity index (χ3n) is 2.22. The molecule has 0 bridgehead atoms. The highest BCUT2D eigenvalue weighted by Gasteiger charge is 2.03. The summed E-state index contributed by atoms with van der Waals surface area (Å²) < 4.78 is 0.905. The van der Waals surface area contributed by atoms with Crippen LogP contribution >= 0.6 is 15.9 Å². The van der Waals surface area contributed by atoms with E-state index in [1.54, 1.807) is 0 Å².